The molecule has 100 valence electrons. The maximum Gasteiger partial charge on any atom is 0.178 e. The number of carbonyl (C=O) groups excluding carboxylic acids is 1. The fraction of sp³-hybridized carbons (Fsp3) is 0.333. The molecule has 2 aromatic rings. The average Bonchev–Trinajstić information content (AvgIpc) is 2.94. The molecule has 0 bridgehead atoms. The first-order valence-corrected chi connectivity index (χ1v) is 7.16. The second kappa shape index (κ2) is 5.97. The lowest BCUT2D eigenvalue weighted by Gasteiger charge is -2.13. The van der Waals surface area contributed by atoms with Crippen LogP contribution in [0.4, 0.5) is 0 Å². The Labute approximate surface area is 117 Å². The van der Waals surface area contributed by atoms with Gasteiger partial charge in [-0.3, -0.25) is 4.79 Å². The minimum atomic E-state index is 0.492. The van der Waals surface area contributed by atoms with E-state index in [1.807, 2.05) is 11.4 Å². The topological polar surface area (TPSA) is 39.2 Å². The maximum absolute atomic E-state index is 10.7. The van der Waals surface area contributed by atoms with Crippen molar-refractivity contribution in [2.45, 2.75) is 26.2 Å². The Balaban J connectivity index is 2.49. The summed E-state index contributed by atoms with van der Waals surface area (Å²) in [5.41, 5.74) is 3.01. The number of thiazole rings is 1. The Morgan fingerprint density at radius 1 is 1.47 bits per heavy atom. The fourth-order valence-electron chi connectivity index (χ4n) is 1.93. The predicted molar refractivity (Wildman–Crippen MR) is 78.2 cm³/mol. The first-order valence-electron chi connectivity index (χ1n) is 6.28. The zero-order valence-corrected chi connectivity index (χ0v) is 12.2. The van der Waals surface area contributed by atoms with Crippen molar-refractivity contribution >= 4 is 17.6 Å². The third kappa shape index (κ3) is 2.84. The monoisotopic (exact) mass is 275 g/mol. The minimum absolute atomic E-state index is 0.492. The number of rotatable bonds is 5. The van der Waals surface area contributed by atoms with E-state index in [0.717, 1.165) is 29.7 Å². The van der Waals surface area contributed by atoms with Crippen molar-refractivity contribution in [3.63, 3.8) is 0 Å². The van der Waals surface area contributed by atoms with Gasteiger partial charge in [-0.25, -0.2) is 4.98 Å². The standard InChI is InChI=1S/C15H17NO2S/c1-4-10(2)11-5-6-14(18-3)12(7-11)13-9-19-15(8-17)16-13/h5-10H,4H2,1-3H3. The second-order valence-electron chi connectivity index (χ2n) is 4.46. The van der Waals surface area contributed by atoms with Gasteiger partial charge >= 0.3 is 0 Å². The smallest absolute Gasteiger partial charge is 0.178 e. The molecule has 0 amide bonds. The van der Waals surface area contributed by atoms with Crippen molar-refractivity contribution in [1.29, 1.82) is 0 Å². The number of methoxy groups -OCH3 is 1. The molecule has 0 spiro atoms. The number of carbonyl (C=O) groups is 1. The Bertz CT molecular complexity index is 577. The number of aldehydes is 1. The van der Waals surface area contributed by atoms with Gasteiger partial charge < -0.3 is 4.74 Å². The molecular weight excluding hydrogens is 258 g/mol. The van der Waals surface area contributed by atoms with Crippen molar-refractivity contribution in [3.8, 4) is 17.0 Å². The Morgan fingerprint density at radius 2 is 2.26 bits per heavy atom. The van der Waals surface area contributed by atoms with Gasteiger partial charge in [0.25, 0.3) is 0 Å². The number of aromatic nitrogens is 1. The molecule has 1 aromatic carbocycles. The normalized spacial score (nSPS) is 12.2. The summed E-state index contributed by atoms with van der Waals surface area (Å²) in [5, 5.41) is 2.38. The lowest BCUT2D eigenvalue weighted by Crippen LogP contribution is -1.95. The molecule has 0 radical (unpaired) electrons. The summed E-state index contributed by atoms with van der Waals surface area (Å²) in [7, 11) is 1.65. The van der Waals surface area contributed by atoms with Gasteiger partial charge in [0.2, 0.25) is 0 Å². The molecule has 0 aliphatic heterocycles. The first kappa shape index (κ1) is 13.7. The first-order chi connectivity index (χ1) is 9.19. The van der Waals surface area contributed by atoms with Crippen LogP contribution >= 0.6 is 11.3 Å². The Hall–Kier alpha value is -1.68. The van der Waals surface area contributed by atoms with Crippen LogP contribution in [0.25, 0.3) is 11.3 Å². The molecular formula is C15H17NO2S. The molecule has 0 saturated carbocycles. The summed E-state index contributed by atoms with van der Waals surface area (Å²) >= 11 is 1.35. The predicted octanol–water partition coefficient (Wildman–Crippen LogP) is 4.14. The van der Waals surface area contributed by atoms with Crippen LogP contribution in [-0.2, 0) is 0 Å². The summed E-state index contributed by atoms with van der Waals surface area (Å²) < 4.78 is 5.39. The molecule has 19 heavy (non-hydrogen) atoms. The van der Waals surface area contributed by atoms with Crippen LogP contribution in [0.3, 0.4) is 0 Å². The van der Waals surface area contributed by atoms with E-state index in [0.29, 0.717) is 10.9 Å². The van der Waals surface area contributed by atoms with Gasteiger partial charge in [0.15, 0.2) is 11.3 Å². The summed E-state index contributed by atoms with van der Waals surface area (Å²) in [5.74, 6) is 1.28. The van der Waals surface area contributed by atoms with Crippen LogP contribution in [0.1, 0.15) is 41.6 Å². The second-order valence-corrected chi connectivity index (χ2v) is 5.35. The van der Waals surface area contributed by atoms with E-state index in [1.165, 1.54) is 16.9 Å². The molecule has 0 saturated heterocycles. The van der Waals surface area contributed by atoms with Crippen LogP contribution < -0.4 is 4.74 Å². The van der Waals surface area contributed by atoms with E-state index in [-0.39, 0.29) is 0 Å². The van der Waals surface area contributed by atoms with E-state index in [1.54, 1.807) is 7.11 Å². The largest absolute Gasteiger partial charge is 0.496 e. The zero-order valence-electron chi connectivity index (χ0n) is 11.3. The van der Waals surface area contributed by atoms with Crippen LogP contribution in [0, 0.1) is 0 Å². The molecule has 1 aromatic heterocycles. The molecule has 1 heterocycles. The average molecular weight is 275 g/mol. The van der Waals surface area contributed by atoms with E-state index in [2.05, 4.69) is 31.0 Å². The van der Waals surface area contributed by atoms with Crippen molar-refractivity contribution in [3.05, 3.63) is 34.2 Å². The molecule has 1 atom stereocenters. The summed E-state index contributed by atoms with van der Waals surface area (Å²) in [4.78, 5) is 15.0. The van der Waals surface area contributed by atoms with Gasteiger partial charge in [-0.2, -0.15) is 0 Å². The lowest BCUT2D eigenvalue weighted by molar-refractivity contribution is 0.112. The highest BCUT2D eigenvalue weighted by Crippen LogP contribution is 2.33. The van der Waals surface area contributed by atoms with Crippen molar-refractivity contribution < 1.29 is 9.53 Å². The van der Waals surface area contributed by atoms with E-state index >= 15 is 0 Å². The lowest BCUT2D eigenvalue weighted by atomic mass is 9.96. The van der Waals surface area contributed by atoms with E-state index < -0.39 is 0 Å². The highest BCUT2D eigenvalue weighted by molar-refractivity contribution is 7.11. The van der Waals surface area contributed by atoms with Gasteiger partial charge in [0.05, 0.1) is 12.8 Å². The maximum atomic E-state index is 10.7. The van der Waals surface area contributed by atoms with Gasteiger partial charge in [-0.15, -0.1) is 11.3 Å². The summed E-state index contributed by atoms with van der Waals surface area (Å²) in [6.07, 6.45) is 1.86. The van der Waals surface area contributed by atoms with Crippen molar-refractivity contribution in [2.75, 3.05) is 7.11 Å². The molecule has 2 rings (SSSR count). The van der Waals surface area contributed by atoms with E-state index in [9.17, 15) is 4.79 Å². The Morgan fingerprint density at radius 3 is 2.84 bits per heavy atom. The summed E-state index contributed by atoms with van der Waals surface area (Å²) in [6.45, 7) is 4.37. The van der Waals surface area contributed by atoms with E-state index in [4.69, 9.17) is 4.74 Å². The molecule has 0 aliphatic rings. The van der Waals surface area contributed by atoms with Crippen LogP contribution in [0.15, 0.2) is 23.6 Å². The van der Waals surface area contributed by atoms with Gasteiger partial charge in [0.1, 0.15) is 5.75 Å². The van der Waals surface area contributed by atoms with Crippen LogP contribution in [0.2, 0.25) is 0 Å². The Kier molecular flexibility index (Phi) is 4.32. The highest BCUT2D eigenvalue weighted by Gasteiger charge is 2.13. The number of hydrogen-bond acceptors (Lipinski definition) is 4. The number of benzene rings is 1. The van der Waals surface area contributed by atoms with Crippen molar-refractivity contribution in [2.24, 2.45) is 0 Å². The number of nitrogens with zero attached hydrogens (tertiary/aromatic N) is 1. The van der Waals surface area contributed by atoms with Crippen LogP contribution in [-0.4, -0.2) is 18.4 Å². The van der Waals surface area contributed by atoms with Crippen molar-refractivity contribution in [1.82, 2.24) is 4.98 Å². The fourth-order valence-corrected chi connectivity index (χ4v) is 2.55. The molecule has 0 aliphatic carbocycles. The SMILES string of the molecule is CCC(C)c1ccc(OC)c(-c2csc(C=O)n2)c1. The third-order valence-corrected chi connectivity index (χ3v) is 4.07. The highest BCUT2D eigenvalue weighted by atomic mass is 32.1. The van der Waals surface area contributed by atoms with Gasteiger partial charge in [-0.1, -0.05) is 19.9 Å². The number of ether oxygens (including phenoxy) is 1. The van der Waals surface area contributed by atoms with Crippen LogP contribution in [0.5, 0.6) is 5.75 Å². The molecule has 0 fully saturated rings. The molecule has 4 heteroatoms. The minimum Gasteiger partial charge on any atom is -0.496 e. The van der Waals surface area contributed by atoms with Gasteiger partial charge in [-0.05, 0) is 30.0 Å². The quantitative estimate of drug-likeness (QED) is 0.770. The molecule has 3 nitrogen and oxygen atoms in total. The zero-order chi connectivity index (χ0) is 13.8. The van der Waals surface area contributed by atoms with Gasteiger partial charge in [0, 0.05) is 10.9 Å². The molecule has 1 unspecified atom stereocenters. The summed E-state index contributed by atoms with van der Waals surface area (Å²) in [6, 6.07) is 6.16. The number of hydrogen-bond donors (Lipinski definition) is 0. The third-order valence-electron chi connectivity index (χ3n) is 3.30. The molecule has 0 N–H and O–H groups in total.